The first-order valence-electron chi connectivity index (χ1n) is 7.49. The Bertz CT molecular complexity index is 995. The summed E-state index contributed by atoms with van der Waals surface area (Å²) in [5.41, 5.74) is 3.62. The van der Waals surface area contributed by atoms with Gasteiger partial charge in [-0.2, -0.15) is 5.10 Å². The summed E-state index contributed by atoms with van der Waals surface area (Å²) in [6.45, 7) is 0. The van der Waals surface area contributed by atoms with Crippen molar-refractivity contribution in [3.63, 3.8) is 0 Å². The van der Waals surface area contributed by atoms with Gasteiger partial charge in [-0.15, -0.1) is 0 Å². The predicted molar refractivity (Wildman–Crippen MR) is 93.4 cm³/mol. The molecular weight excluding hydrogens is 302 g/mol. The predicted octanol–water partition coefficient (Wildman–Crippen LogP) is 3.77. The van der Waals surface area contributed by atoms with Crippen LogP contribution in [0.1, 0.15) is 0 Å². The van der Waals surface area contributed by atoms with Crippen LogP contribution in [0.15, 0.2) is 61.1 Å². The second-order valence-corrected chi connectivity index (χ2v) is 5.29. The molecule has 4 rings (SSSR count). The summed E-state index contributed by atoms with van der Waals surface area (Å²) in [6.07, 6.45) is 3.34. The van der Waals surface area contributed by atoms with Crippen molar-refractivity contribution in [2.24, 2.45) is 0 Å². The van der Waals surface area contributed by atoms with Crippen LogP contribution >= 0.6 is 0 Å². The van der Waals surface area contributed by atoms with Gasteiger partial charge in [-0.25, -0.2) is 9.97 Å². The number of aromatic amines is 1. The van der Waals surface area contributed by atoms with E-state index in [0.717, 1.165) is 33.6 Å². The van der Waals surface area contributed by atoms with Gasteiger partial charge in [0.1, 0.15) is 17.9 Å². The molecule has 0 aliphatic rings. The van der Waals surface area contributed by atoms with E-state index in [-0.39, 0.29) is 0 Å². The van der Waals surface area contributed by atoms with Crippen LogP contribution in [0, 0.1) is 0 Å². The highest BCUT2D eigenvalue weighted by Gasteiger charge is 2.08. The van der Waals surface area contributed by atoms with Crippen LogP contribution in [0.5, 0.6) is 5.75 Å². The minimum Gasteiger partial charge on any atom is -0.496 e. The Balaban J connectivity index is 1.67. The van der Waals surface area contributed by atoms with Crippen LogP contribution < -0.4 is 10.1 Å². The fraction of sp³-hybridized carbons (Fsp3) is 0.0556. The number of nitrogens with zero attached hydrogens (tertiary/aromatic N) is 3. The van der Waals surface area contributed by atoms with Gasteiger partial charge in [-0.05, 0) is 30.3 Å². The van der Waals surface area contributed by atoms with E-state index in [9.17, 15) is 0 Å². The smallest absolute Gasteiger partial charge is 0.134 e. The van der Waals surface area contributed by atoms with Gasteiger partial charge in [0.15, 0.2) is 0 Å². The van der Waals surface area contributed by atoms with Crippen LogP contribution in [0.25, 0.3) is 22.2 Å². The summed E-state index contributed by atoms with van der Waals surface area (Å²) in [7, 11) is 1.65. The topological polar surface area (TPSA) is 75.7 Å². The maximum atomic E-state index is 5.41. The molecule has 0 amide bonds. The summed E-state index contributed by atoms with van der Waals surface area (Å²) >= 11 is 0. The molecule has 0 spiro atoms. The molecule has 118 valence electrons. The van der Waals surface area contributed by atoms with E-state index in [0.29, 0.717) is 5.82 Å². The number of ether oxygens (including phenoxy) is 1. The molecule has 2 aromatic carbocycles. The molecule has 2 aromatic heterocycles. The van der Waals surface area contributed by atoms with E-state index in [1.54, 1.807) is 19.6 Å². The van der Waals surface area contributed by atoms with Crippen molar-refractivity contribution in [3.05, 3.63) is 61.1 Å². The van der Waals surface area contributed by atoms with Crippen molar-refractivity contribution in [2.45, 2.75) is 0 Å². The average Bonchev–Trinajstić information content (AvgIpc) is 3.10. The summed E-state index contributed by atoms with van der Waals surface area (Å²) in [5, 5.41) is 11.4. The zero-order chi connectivity index (χ0) is 16.4. The highest BCUT2D eigenvalue weighted by molar-refractivity contribution is 5.82. The van der Waals surface area contributed by atoms with Crippen molar-refractivity contribution in [3.8, 4) is 17.0 Å². The lowest BCUT2D eigenvalue weighted by Crippen LogP contribution is -1.96. The van der Waals surface area contributed by atoms with Gasteiger partial charge in [0.05, 0.1) is 24.5 Å². The molecule has 0 aliphatic carbocycles. The van der Waals surface area contributed by atoms with Gasteiger partial charge in [0.2, 0.25) is 0 Å². The quantitative estimate of drug-likeness (QED) is 0.599. The van der Waals surface area contributed by atoms with Gasteiger partial charge in [-0.3, -0.25) is 5.10 Å². The van der Waals surface area contributed by atoms with Crippen molar-refractivity contribution in [1.82, 2.24) is 20.2 Å². The molecule has 0 saturated carbocycles. The summed E-state index contributed by atoms with van der Waals surface area (Å²) < 4.78 is 5.41. The van der Waals surface area contributed by atoms with Crippen LogP contribution in [-0.2, 0) is 0 Å². The number of aromatic nitrogens is 4. The molecule has 2 heterocycles. The highest BCUT2D eigenvalue weighted by Crippen LogP contribution is 2.29. The third kappa shape index (κ3) is 2.65. The van der Waals surface area contributed by atoms with Gasteiger partial charge in [0, 0.05) is 22.7 Å². The van der Waals surface area contributed by atoms with E-state index in [1.807, 2.05) is 48.5 Å². The zero-order valence-electron chi connectivity index (χ0n) is 13.0. The first kappa shape index (κ1) is 14.2. The largest absolute Gasteiger partial charge is 0.496 e. The number of hydrogen-bond acceptors (Lipinski definition) is 5. The number of nitrogens with one attached hydrogen (secondary N) is 2. The minimum absolute atomic E-state index is 0.713. The van der Waals surface area contributed by atoms with Crippen molar-refractivity contribution in [2.75, 3.05) is 12.4 Å². The second kappa shape index (κ2) is 6.00. The maximum absolute atomic E-state index is 5.41. The summed E-state index contributed by atoms with van der Waals surface area (Å²) in [5.74, 6) is 1.49. The van der Waals surface area contributed by atoms with Crippen molar-refractivity contribution >= 4 is 22.4 Å². The standard InChI is InChI=1S/C18H15N5O/c1-24-17-5-3-2-4-14(17)16-9-18(20-11-19-16)22-13-7-6-12-10-21-23-15(12)8-13/h2-11H,1H3,(H,21,23)(H,19,20,22). The van der Waals surface area contributed by atoms with E-state index in [4.69, 9.17) is 4.74 Å². The van der Waals surface area contributed by atoms with Crippen LogP contribution in [0.3, 0.4) is 0 Å². The molecule has 6 nitrogen and oxygen atoms in total. The molecule has 0 atom stereocenters. The summed E-state index contributed by atoms with van der Waals surface area (Å²) in [6, 6.07) is 15.7. The minimum atomic E-state index is 0.713. The van der Waals surface area contributed by atoms with Gasteiger partial charge in [0.25, 0.3) is 0 Å². The molecule has 0 saturated heterocycles. The van der Waals surface area contributed by atoms with E-state index in [2.05, 4.69) is 25.5 Å². The van der Waals surface area contributed by atoms with Crippen LogP contribution in [-0.4, -0.2) is 27.3 Å². The normalized spacial score (nSPS) is 10.7. The Morgan fingerprint density at radius 2 is 1.96 bits per heavy atom. The first-order valence-corrected chi connectivity index (χ1v) is 7.49. The first-order chi connectivity index (χ1) is 11.8. The Hall–Kier alpha value is -3.41. The number of benzene rings is 2. The Labute approximate surface area is 138 Å². The maximum Gasteiger partial charge on any atom is 0.134 e. The molecule has 4 aromatic rings. The Kier molecular flexibility index (Phi) is 3.55. The van der Waals surface area contributed by atoms with Crippen molar-refractivity contribution in [1.29, 1.82) is 0 Å². The molecule has 0 fully saturated rings. The number of para-hydroxylation sites is 1. The third-order valence-corrected chi connectivity index (χ3v) is 3.76. The molecule has 24 heavy (non-hydrogen) atoms. The number of hydrogen-bond donors (Lipinski definition) is 2. The molecule has 0 radical (unpaired) electrons. The molecule has 2 N–H and O–H groups in total. The van der Waals surface area contributed by atoms with E-state index < -0.39 is 0 Å². The van der Waals surface area contributed by atoms with Crippen molar-refractivity contribution < 1.29 is 4.74 Å². The number of H-pyrrole nitrogens is 1. The van der Waals surface area contributed by atoms with Gasteiger partial charge < -0.3 is 10.1 Å². The molecule has 0 bridgehead atoms. The molecule has 0 aliphatic heterocycles. The lowest BCUT2D eigenvalue weighted by molar-refractivity contribution is 0.416. The average molecular weight is 317 g/mol. The van der Waals surface area contributed by atoms with Gasteiger partial charge in [-0.1, -0.05) is 12.1 Å². The molecule has 0 unspecified atom stereocenters. The summed E-state index contributed by atoms with van der Waals surface area (Å²) in [4.78, 5) is 8.65. The second-order valence-electron chi connectivity index (χ2n) is 5.29. The molecule has 6 heteroatoms. The number of rotatable bonds is 4. The Morgan fingerprint density at radius 1 is 1.04 bits per heavy atom. The fourth-order valence-electron chi connectivity index (χ4n) is 2.59. The highest BCUT2D eigenvalue weighted by atomic mass is 16.5. The van der Waals surface area contributed by atoms with E-state index >= 15 is 0 Å². The zero-order valence-corrected chi connectivity index (χ0v) is 13.0. The monoisotopic (exact) mass is 317 g/mol. The number of methoxy groups -OCH3 is 1. The van der Waals surface area contributed by atoms with Crippen LogP contribution in [0.4, 0.5) is 11.5 Å². The lowest BCUT2D eigenvalue weighted by atomic mass is 10.1. The Morgan fingerprint density at radius 3 is 2.88 bits per heavy atom. The SMILES string of the molecule is COc1ccccc1-c1cc(Nc2ccc3cn[nH]c3c2)ncn1. The van der Waals surface area contributed by atoms with Crippen LogP contribution in [0.2, 0.25) is 0 Å². The lowest BCUT2D eigenvalue weighted by Gasteiger charge is -2.09. The third-order valence-electron chi connectivity index (χ3n) is 3.76. The molecular formula is C18H15N5O. The van der Waals surface area contributed by atoms with Gasteiger partial charge >= 0.3 is 0 Å². The van der Waals surface area contributed by atoms with E-state index in [1.165, 1.54) is 0 Å². The number of fused-ring (bicyclic) bond motifs is 1. The fourth-order valence-corrected chi connectivity index (χ4v) is 2.59. The number of anilines is 2.